The lowest BCUT2D eigenvalue weighted by Crippen LogP contribution is -2.35. The summed E-state index contributed by atoms with van der Waals surface area (Å²) in [6.45, 7) is 6.93. The maximum atomic E-state index is 11.4. The van der Waals surface area contributed by atoms with Gasteiger partial charge in [-0.1, -0.05) is 6.92 Å². The van der Waals surface area contributed by atoms with Crippen LogP contribution in [0.2, 0.25) is 0 Å². The molecule has 0 radical (unpaired) electrons. The smallest absolute Gasteiger partial charge is 0.0949 e. The summed E-state index contributed by atoms with van der Waals surface area (Å²) in [5.41, 5.74) is 1.02. The van der Waals surface area contributed by atoms with Crippen LogP contribution < -0.4 is 5.32 Å². The van der Waals surface area contributed by atoms with Crippen molar-refractivity contribution >= 4 is 10.8 Å². The lowest BCUT2D eigenvalue weighted by molar-refractivity contribution is 0.411. The van der Waals surface area contributed by atoms with E-state index in [4.69, 9.17) is 0 Å². The van der Waals surface area contributed by atoms with Gasteiger partial charge < -0.3 is 9.88 Å². The molecule has 1 N–H and O–H groups in total. The molecule has 1 aromatic rings. The largest absolute Gasteiger partial charge is 0.332 e. The Morgan fingerprint density at radius 1 is 1.56 bits per heavy atom. The van der Waals surface area contributed by atoms with Crippen LogP contribution in [0.15, 0.2) is 12.5 Å². The van der Waals surface area contributed by atoms with Crippen molar-refractivity contribution in [1.82, 2.24) is 14.9 Å². The van der Waals surface area contributed by atoms with Crippen LogP contribution in [-0.2, 0) is 22.9 Å². The average molecular weight is 243 g/mol. The Labute approximate surface area is 99.9 Å². The van der Waals surface area contributed by atoms with Crippen LogP contribution in [0.25, 0.3) is 0 Å². The molecule has 0 fully saturated rings. The molecule has 0 aliphatic rings. The molecule has 0 amide bonds. The van der Waals surface area contributed by atoms with E-state index in [1.54, 1.807) is 6.33 Å². The predicted octanol–water partition coefficient (Wildman–Crippen LogP) is 1.11. The molecule has 0 saturated heterocycles. The second kappa shape index (κ2) is 5.59. The average Bonchev–Trinajstić information content (AvgIpc) is 2.74. The number of nitrogens with one attached hydrogen (secondary N) is 1. The summed E-state index contributed by atoms with van der Waals surface area (Å²) in [6.07, 6.45) is 3.67. The van der Waals surface area contributed by atoms with E-state index in [-0.39, 0.29) is 5.54 Å². The Morgan fingerprint density at radius 3 is 2.81 bits per heavy atom. The minimum atomic E-state index is -0.718. The molecule has 4 nitrogen and oxygen atoms in total. The molecule has 0 aliphatic heterocycles. The predicted molar refractivity (Wildman–Crippen MR) is 67.9 cm³/mol. The van der Waals surface area contributed by atoms with E-state index in [9.17, 15) is 4.21 Å². The van der Waals surface area contributed by atoms with Gasteiger partial charge in [0.2, 0.25) is 0 Å². The summed E-state index contributed by atoms with van der Waals surface area (Å²) in [7, 11) is 1.21. The molecule has 1 atom stereocenters. The quantitative estimate of drug-likeness (QED) is 0.814. The topological polar surface area (TPSA) is 46.9 Å². The molecule has 92 valence electrons. The maximum Gasteiger partial charge on any atom is 0.0949 e. The Balaban J connectivity index is 2.75. The van der Waals surface area contributed by atoms with E-state index in [1.807, 2.05) is 20.2 Å². The van der Waals surface area contributed by atoms with Gasteiger partial charge in [0, 0.05) is 35.0 Å². The number of nitrogens with zero attached hydrogens (tertiary/aromatic N) is 2. The minimum absolute atomic E-state index is 0.107. The number of hydrogen-bond donors (Lipinski definition) is 1. The third-order valence-electron chi connectivity index (χ3n) is 2.86. The molecule has 0 bridgehead atoms. The highest BCUT2D eigenvalue weighted by molar-refractivity contribution is 7.84. The fourth-order valence-corrected chi connectivity index (χ4v) is 2.18. The number of hydrogen-bond acceptors (Lipinski definition) is 3. The number of imidazole rings is 1. The van der Waals surface area contributed by atoms with Gasteiger partial charge in [-0.05, 0) is 20.9 Å². The molecule has 5 heteroatoms. The van der Waals surface area contributed by atoms with E-state index in [0.717, 1.165) is 18.0 Å². The van der Waals surface area contributed by atoms with Crippen LogP contribution in [0.3, 0.4) is 0 Å². The van der Waals surface area contributed by atoms with Crippen LogP contribution in [0, 0.1) is 0 Å². The normalized spacial score (nSPS) is 14.0. The lowest BCUT2D eigenvalue weighted by Gasteiger charge is -2.25. The van der Waals surface area contributed by atoms with Crippen LogP contribution >= 0.6 is 0 Å². The molecule has 1 rings (SSSR count). The van der Waals surface area contributed by atoms with Crippen molar-refractivity contribution in [2.75, 3.05) is 18.6 Å². The third-order valence-corrected chi connectivity index (χ3v) is 4.14. The number of aryl methyl sites for hydroxylation is 1. The first-order valence-electron chi connectivity index (χ1n) is 5.55. The SMILES string of the molecule is CCS(=O)CCn1cncc1C(C)(C)NC. The van der Waals surface area contributed by atoms with Crippen molar-refractivity contribution in [2.24, 2.45) is 0 Å². The van der Waals surface area contributed by atoms with Crippen LogP contribution in [0.1, 0.15) is 26.5 Å². The zero-order valence-electron chi connectivity index (χ0n) is 10.5. The molecular weight excluding hydrogens is 222 g/mol. The molecule has 1 heterocycles. The van der Waals surface area contributed by atoms with Crippen molar-refractivity contribution in [2.45, 2.75) is 32.9 Å². The van der Waals surface area contributed by atoms with Crippen molar-refractivity contribution in [3.05, 3.63) is 18.2 Å². The summed E-state index contributed by atoms with van der Waals surface area (Å²) in [4.78, 5) is 4.16. The van der Waals surface area contributed by atoms with Crippen molar-refractivity contribution < 1.29 is 4.21 Å². The molecule has 0 saturated carbocycles. The lowest BCUT2D eigenvalue weighted by atomic mass is 10.0. The first-order valence-corrected chi connectivity index (χ1v) is 7.04. The van der Waals surface area contributed by atoms with Crippen LogP contribution in [-0.4, -0.2) is 32.3 Å². The molecular formula is C11H21N3OS. The molecule has 1 aromatic heterocycles. The highest BCUT2D eigenvalue weighted by Gasteiger charge is 2.21. The first kappa shape index (κ1) is 13.4. The van der Waals surface area contributed by atoms with Gasteiger partial charge in [-0.15, -0.1) is 0 Å². The third kappa shape index (κ3) is 3.15. The van der Waals surface area contributed by atoms with E-state index in [1.165, 1.54) is 0 Å². The second-order valence-corrected chi connectivity index (χ2v) is 6.15. The summed E-state index contributed by atoms with van der Waals surface area (Å²) >= 11 is 0. The number of rotatable bonds is 6. The summed E-state index contributed by atoms with van der Waals surface area (Å²) in [5, 5.41) is 3.25. The molecule has 0 aromatic carbocycles. The molecule has 1 unspecified atom stereocenters. The van der Waals surface area contributed by atoms with Gasteiger partial charge in [-0.25, -0.2) is 4.98 Å². The highest BCUT2D eigenvalue weighted by atomic mass is 32.2. The van der Waals surface area contributed by atoms with E-state index in [0.29, 0.717) is 5.75 Å². The molecule has 0 spiro atoms. The van der Waals surface area contributed by atoms with E-state index in [2.05, 4.69) is 28.7 Å². The zero-order valence-corrected chi connectivity index (χ0v) is 11.3. The van der Waals surface area contributed by atoms with Crippen molar-refractivity contribution in [1.29, 1.82) is 0 Å². The number of aromatic nitrogens is 2. The molecule has 0 aliphatic carbocycles. The van der Waals surface area contributed by atoms with Crippen LogP contribution in [0.4, 0.5) is 0 Å². The van der Waals surface area contributed by atoms with Gasteiger partial charge >= 0.3 is 0 Å². The van der Waals surface area contributed by atoms with Gasteiger partial charge in [0.15, 0.2) is 0 Å². The fourth-order valence-electron chi connectivity index (χ4n) is 1.49. The van der Waals surface area contributed by atoms with Crippen molar-refractivity contribution in [3.63, 3.8) is 0 Å². The fraction of sp³-hybridized carbons (Fsp3) is 0.727. The van der Waals surface area contributed by atoms with Gasteiger partial charge in [-0.2, -0.15) is 0 Å². The first-order chi connectivity index (χ1) is 7.51. The Kier molecular flexibility index (Phi) is 4.68. The summed E-state index contributed by atoms with van der Waals surface area (Å²) in [5.74, 6) is 1.42. The van der Waals surface area contributed by atoms with Gasteiger partial charge in [0.25, 0.3) is 0 Å². The maximum absolute atomic E-state index is 11.4. The Morgan fingerprint density at radius 2 is 2.25 bits per heavy atom. The zero-order chi connectivity index (χ0) is 12.2. The minimum Gasteiger partial charge on any atom is -0.332 e. The van der Waals surface area contributed by atoms with Gasteiger partial charge in [-0.3, -0.25) is 4.21 Å². The van der Waals surface area contributed by atoms with Crippen molar-refractivity contribution in [3.8, 4) is 0 Å². The monoisotopic (exact) mass is 243 g/mol. The Hall–Kier alpha value is -0.680. The molecule has 16 heavy (non-hydrogen) atoms. The van der Waals surface area contributed by atoms with Gasteiger partial charge in [0.1, 0.15) is 0 Å². The standard InChI is InChI=1S/C11H21N3OS/c1-5-16(15)7-6-14-9-13-8-10(14)11(2,3)12-4/h8-9,12H,5-7H2,1-4H3. The van der Waals surface area contributed by atoms with E-state index < -0.39 is 10.8 Å². The second-order valence-electron chi connectivity index (χ2n) is 4.28. The summed E-state index contributed by atoms with van der Waals surface area (Å²) < 4.78 is 13.5. The Bertz CT molecular complexity index is 360. The summed E-state index contributed by atoms with van der Waals surface area (Å²) in [6, 6.07) is 0. The van der Waals surface area contributed by atoms with Crippen LogP contribution in [0.5, 0.6) is 0 Å². The van der Waals surface area contributed by atoms with E-state index >= 15 is 0 Å². The van der Waals surface area contributed by atoms with Gasteiger partial charge in [0.05, 0.1) is 17.6 Å². The highest BCUT2D eigenvalue weighted by Crippen LogP contribution is 2.18.